The Kier molecular flexibility index (Phi) is 10.8. The number of hydrogen-bond acceptors (Lipinski definition) is 4. The van der Waals surface area contributed by atoms with Gasteiger partial charge in [-0.25, -0.2) is 9.59 Å². The molecule has 1 heterocycles. The van der Waals surface area contributed by atoms with Crippen LogP contribution in [0.4, 0.5) is 18.0 Å². The third-order valence-corrected chi connectivity index (χ3v) is 6.53. The maximum Gasteiger partial charge on any atom is 0.493 e. The lowest BCUT2D eigenvalue weighted by molar-refractivity contribution is -0.229. The quantitative estimate of drug-likeness (QED) is 0.379. The molecule has 0 saturated carbocycles. The Morgan fingerprint density at radius 2 is 1.54 bits per heavy atom. The van der Waals surface area contributed by atoms with E-state index in [4.69, 9.17) is 0 Å². The van der Waals surface area contributed by atoms with Crippen molar-refractivity contribution in [1.29, 1.82) is 0 Å². The van der Waals surface area contributed by atoms with Crippen LogP contribution in [-0.2, 0) is 22.6 Å². The molecular weight excluding hydrogens is 483 g/mol. The zero-order chi connectivity index (χ0) is 26.7. The van der Waals surface area contributed by atoms with Gasteiger partial charge in [-0.2, -0.15) is 18.2 Å². The molecule has 0 N–H and O–H groups in total. The summed E-state index contributed by atoms with van der Waals surface area (Å²) in [6, 6.07) is 19.0. The minimum atomic E-state index is -5.18. The molecule has 0 aromatic heterocycles. The summed E-state index contributed by atoms with van der Waals surface area (Å²) < 4.78 is 38.4. The first kappa shape index (κ1) is 28.5. The van der Waals surface area contributed by atoms with E-state index in [0.717, 1.165) is 44.5 Å². The van der Waals surface area contributed by atoms with Crippen molar-refractivity contribution in [1.82, 2.24) is 14.9 Å². The SMILES string of the molecule is CCCN(OC(=O)C(F)(F)F)C(=O)N(CCCN1CCC(Cc2ccccc2)CC1)Cc1ccccc1. The molecule has 1 fully saturated rings. The first-order valence-corrected chi connectivity index (χ1v) is 12.9. The second kappa shape index (κ2) is 14.0. The van der Waals surface area contributed by atoms with Crippen molar-refractivity contribution in [3.05, 3.63) is 71.8 Å². The molecule has 1 saturated heterocycles. The van der Waals surface area contributed by atoms with Crippen molar-refractivity contribution in [2.75, 3.05) is 32.7 Å². The fourth-order valence-corrected chi connectivity index (χ4v) is 4.59. The molecule has 2 aromatic carbocycles. The standard InChI is InChI=1S/C28H36F3N3O3/c1-2-16-34(37-26(35)28(29,30)31)27(36)33(22-25-12-7-4-8-13-25)18-9-17-32-19-14-24(15-20-32)21-23-10-5-3-6-11-23/h3-8,10-13,24H,2,9,14-22H2,1H3. The Morgan fingerprint density at radius 1 is 0.946 bits per heavy atom. The number of carbonyl (C=O) groups is 2. The first-order chi connectivity index (χ1) is 17.8. The molecule has 2 aromatic rings. The van der Waals surface area contributed by atoms with Crippen LogP contribution in [0, 0.1) is 5.92 Å². The van der Waals surface area contributed by atoms with E-state index in [1.54, 1.807) is 6.92 Å². The van der Waals surface area contributed by atoms with Gasteiger partial charge in [0.1, 0.15) is 0 Å². The average Bonchev–Trinajstić information content (AvgIpc) is 2.89. The Labute approximate surface area is 216 Å². The highest BCUT2D eigenvalue weighted by Gasteiger charge is 2.43. The molecule has 37 heavy (non-hydrogen) atoms. The number of hydroxylamine groups is 2. The van der Waals surface area contributed by atoms with E-state index < -0.39 is 18.2 Å². The molecule has 1 aliphatic rings. The largest absolute Gasteiger partial charge is 0.493 e. The van der Waals surface area contributed by atoms with Crippen LogP contribution in [0.2, 0.25) is 0 Å². The predicted octanol–water partition coefficient (Wildman–Crippen LogP) is 5.69. The molecule has 1 aliphatic heterocycles. The van der Waals surface area contributed by atoms with Crippen LogP contribution >= 0.6 is 0 Å². The summed E-state index contributed by atoms with van der Waals surface area (Å²) >= 11 is 0. The minimum absolute atomic E-state index is 0.124. The summed E-state index contributed by atoms with van der Waals surface area (Å²) in [4.78, 5) is 32.9. The molecule has 0 radical (unpaired) electrons. The number of likely N-dealkylation sites (tertiary alicyclic amines) is 1. The number of benzene rings is 2. The van der Waals surface area contributed by atoms with Gasteiger partial charge in [-0.15, -0.1) is 0 Å². The second-order valence-corrected chi connectivity index (χ2v) is 9.50. The fraction of sp³-hybridized carbons (Fsp3) is 0.500. The van der Waals surface area contributed by atoms with Crippen LogP contribution in [0.1, 0.15) is 43.7 Å². The van der Waals surface area contributed by atoms with Gasteiger partial charge in [0, 0.05) is 13.1 Å². The van der Waals surface area contributed by atoms with E-state index in [9.17, 15) is 22.8 Å². The number of halogens is 3. The van der Waals surface area contributed by atoms with Crippen LogP contribution in [-0.4, -0.2) is 65.8 Å². The van der Waals surface area contributed by atoms with Gasteiger partial charge in [-0.3, -0.25) is 0 Å². The predicted molar refractivity (Wildman–Crippen MR) is 135 cm³/mol. The summed E-state index contributed by atoms with van der Waals surface area (Å²) in [6.07, 6.45) is -0.872. The lowest BCUT2D eigenvalue weighted by atomic mass is 9.90. The minimum Gasteiger partial charge on any atom is -0.328 e. The summed E-state index contributed by atoms with van der Waals surface area (Å²) in [7, 11) is 0. The van der Waals surface area contributed by atoms with Crippen molar-refractivity contribution in [2.24, 2.45) is 5.92 Å². The molecule has 0 bridgehead atoms. The van der Waals surface area contributed by atoms with Gasteiger partial charge in [0.15, 0.2) is 0 Å². The molecule has 2 amide bonds. The Morgan fingerprint density at radius 3 is 2.11 bits per heavy atom. The molecule has 0 spiro atoms. The molecule has 202 valence electrons. The Hall–Kier alpha value is -3.07. The van der Waals surface area contributed by atoms with Gasteiger partial charge in [-0.05, 0) is 68.8 Å². The zero-order valence-corrected chi connectivity index (χ0v) is 21.3. The molecule has 0 aliphatic carbocycles. The summed E-state index contributed by atoms with van der Waals surface area (Å²) in [5, 5.41) is 0.536. The maximum absolute atomic E-state index is 13.2. The Bertz CT molecular complexity index is 965. The van der Waals surface area contributed by atoms with E-state index in [1.807, 2.05) is 36.4 Å². The average molecular weight is 520 g/mol. The van der Waals surface area contributed by atoms with E-state index in [1.165, 1.54) is 10.5 Å². The van der Waals surface area contributed by atoms with Crippen molar-refractivity contribution in [3.63, 3.8) is 0 Å². The molecular formula is C28H36F3N3O3. The van der Waals surface area contributed by atoms with Crippen LogP contribution in [0.5, 0.6) is 0 Å². The monoisotopic (exact) mass is 519 g/mol. The number of hydrogen-bond donors (Lipinski definition) is 0. The smallest absolute Gasteiger partial charge is 0.328 e. The van der Waals surface area contributed by atoms with Gasteiger partial charge < -0.3 is 14.6 Å². The Balaban J connectivity index is 1.56. The third kappa shape index (κ3) is 9.39. The van der Waals surface area contributed by atoms with E-state index in [2.05, 4.69) is 34.0 Å². The molecule has 9 heteroatoms. The number of nitrogens with zero attached hydrogens (tertiary/aromatic N) is 3. The zero-order valence-electron chi connectivity index (χ0n) is 21.3. The van der Waals surface area contributed by atoms with Crippen molar-refractivity contribution in [2.45, 2.75) is 51.7 Å². The maximum atomic E-state index is 13.2. The van der Waals surface area contributed by atoms with Gasteiger partial charge >= 0.3 is 18.2 Å². The number of rotatable bonds is 10. The van der Waals surface area contributed by atoms with Crippen LogP contribution in [0.25, 0.3) is 0 Å². The first-order valence-electron chi connectivity index (χ1n) is 12.9. The number of amides is 2. The van der Waals surface area contributed by atoms with Gasteiger partial charge in [-0.1, -0.05) is 67.6 Å². The van der Waals surface area contributed by atoms with Gasteiger partial charge in [0.05, 0.1) is 6.54 Å². The molecule has 6 nitrogen and oxygen atoms in total. The highest BCUT2D eigenvalue weighted by Crippen LogP contribution is 2.22. The van der Waals surface area contributed by atoms with Gasteiger partial charge in [0.2, 0.25) is 0 Å². The number of piperidine rings is 1. The highest BCUT2D eigenvalue weighted by molar-refractivity contribution is 5.79. The van der Waals surface area contributed by atoms with Crippen LogP contribution < -0.4 is 0 Å². The summed E-state index contributed by atoms with van der Waals surface area (Å²) in [6.45, 7) is 4.87. The topological polar surface area (TPSA) is 53.1 Å². The van der Waals surface area contributed by atoms with Gasteiger partial charge in [0.25, 0.3) is 0 Å². The van der Waals surface area contributed by atoms with E-state index >= 15 is 0 Å². The lowest BCUT2D eigenvalue weighted by Crippen LogP contribution is -2.47. The third-order valence-electron chi connectivity index (χ3n) is 6.53. The van der Waals surface area contributed by atoms with E-state index in [0.29, 0.717) is 30.4 Å². The fourth-order valence-electron chi connectivity index (χ4n) is 4.59. The second-order valence-electron chi connectivity index (χ2n) is 9.50. The summed E-state index contributed by atoms with van der Waals surface area (Å²) in [5.74, 6) is -1.74. The lowest BCUT2D eigenvalue weighted by Gasteiger charge is -2.33. The number of alkyl halides is 3. The van der Waals surface area contributed by atoms with Crippen molar-refractivity contribution < 1.29 is 27.6 Å². The molecule has 3 rings (SSSR count). The van der Waals surface area contributed by atoms with E-state index in [-0.39, 0.29) is 13.1 Å². The van der Waals surface area contributed by atoms with Crippen LogP contribution in [0.15, 0.2) is 60.7 Å². The highest BCUT2D eigenvalue weighted by atomic mass is 19.4. The molecule has 0 unspecified atom stereocenters. The van der Waals surface area contributed by atoms with Crippen molar-refractivity contribution >= 4 is 12.0 Å². The molecule has 0 atom stereocenters. The normalized spacial score (nSPS) is 14.8. The van der Waals surface area contributed by atoms with Crippen LogP contribution in [0.3, 0.4) is 0 Å². The van der Waals surface area contributed by atoms with Crippen molar-refractivity contribution in [3.8, 4) is 0 Å². The number of carbonyl (C=O) groups excluding carboxylic acids is 2. The summed E-state index contributed by atoms with van der Waals surface area (Å²) in [5.41, 5.74) is 2.20. The number of urea groups is 1.